The zero-order chi connectivity index (χ0) is 30.1. The molecule has 0 amide bonds. The van der Waals surface area contributed by atoms with Crippen molar-refractivity contribution in [3.63, 3.8) is 0 Å². The van der Waals surface area contributed by atoms with E-state index in [9.17, 15) is 0 Å². The Balaban J connectivity index is 1.22. The third-order valence-corrected chi connectivity index (χ3v) is 10.8. The number of hydrogen-bond acceptors (Lipinski definition) is 2. The van der Waals surface area contributed by atoms with E-state index in [-0.39, 0.29) is 17.9 Å². The van der Waals surface area contributed by atoms with E-state index in [4.69, 9.17) is 9.15 Å². The largest absolute Gasteiger partial charge is 0.483 e. The molecule has 3 heteroatoms. The van der Waals surface area contributed by atoms with Gasteiger partial charge >= 0.3 is 0 Å². The summed E-state index contributed by atoms with van der Waals surface area (Å²) in [4.78, 5) is 0. The summed E-state index contributed by atoms with van der Waals surface area (Å²) in [6, 6.07) is 39.5. The van der Waals surface area contributed by atoms with Gasteiger partial charge in [0.05, 0.1) is 16.9 Å². The van der Waals surface area contributed by atoms with Gasteiger partial charge in [-0.2, -0.15) is 0 Å². The van der Waals surface area contributed by atoms with Gasteiger partial charge in [-0.3, -0.25) is 0 Å². The number of aromatic nitrogens is 1. The first-order valence-electron chi connectivity index (χ1n) is 16.3. The van der Waals surface area contributed by atoms with Crippen molar-refractivity contribution in [1.82, 2.24) is 4.57 Å². The van der Waals surface area contributed by atoms with Crippen LogP contribution >= 0.6 is 0 Å². The molecular weight excluding hydrogens is 562 g/mol. The zero-order valence-corrected chi connectivity index (χ0v) is 25.3. The Labute approximate surface area is 266 Å². The molecule has 3 nitrogen and oxygen atoms in total. The summed E-state index contributed by atoms with van der Waals surface area (Å²) >= 11 is 0. The van der Waals surface area contributed by atoms with Crippen molar-refractivity contribution in [2.75, 3.05) is 0 Å². The highest BCUT2D eigenvalue weighted by molar-refractivity contribution is 6.04. The molecule has 46 heavy (non-hydrogen) atoms. The maximum absolute atomic E-state index is 6.83. The smallest absolute Gasteiger partial charge is 0.155 e. The van der Waals surface area contributed by atoms with E-state index in [1.165, 1.54) is 77.4 Å². The average Bonchev–Trinajstić information content (AvgIpc) is 3.85. The molecule has 4 heterocycles. The summed E-state index contributed by atoms with van der Waals surface area (Å²) in [5.74, 6) is 1.38. The lowest BCUT2D eigenvalue weighted by molar-refractivity contribution is 0.216. The van der Waals surface area contributed by atoms with Gasteiger partial charge in [-0.25, -0.2) is 0 Å². The van der Waals surface area contributed by atoms with Crippen LogP contribution in [0.3, 0.4) is 0 Å². The van der Waals surface area contributed by atoms with Crippen LogP contribution in [-0.4, -0.2) is 4.57 Å². The molecule has 0 saturated carbocycles. The van der Waals surface area contributed by atoms with Gasteiger partial charge in [0.25, 0.3) is 0 Å². The lowest BCUT2D eigenvalue weighted by atomic mass is 9.83. The quantitative estimate of drug-likeness (QED) is 0.200. The average molecular weight is 592 g/mol. The van der Waals surface area contributed by atoms with Gasteiger partial charge < -0.3 is 13.7 Å². The number of furan rings is 1. The number of hydrogen-bond donors (Lipinski definition) is 0. The summed E-state index contributed by atoms with van der Waals surface area (Å²) in [7, 11) is 0. The summed E-state index contributed by atoms with van der Waals surface area (Å²) in [5, 5.41) is 3.70. The molecule has 3 atom stereocenters. The van der Waals surface area contributed by atoms with Crippen molar-refractivity contribution in [3.05, 3.63) is 154 Å². The second-order valence-corrected chi connectivity index (χ2v) is 13.2. The maximum Gasteiger partial charge on any atom is 0.155 e. The molecule has 5 aromatic carbocycles. The van der Waals surface area contributed by atoms with Crippen LogP contribution in [0, 0.1) is 6.92 Å². The lowest BCUT2D eigenvalue weighted by Gasteiger charge is -2.25. The van der Waals surface area contributed by atoms with Crippen molar-refractivity contribution in [2.24, 2.45) is 0 Å². The van der Waals surface area contributed by atoms with Crippen LogP contribution in [0.25, 0.3) is 62.0 Å². The second kappa shape index (κ2) is 8.80. The first-order valence-corrected chi connectivity index (χ1v) is 16.3. The van der Waals surface area contributed by atoms with E-state index in [1.54, 1.807) is 0 Å². The molecule has 2 aliphatic carbocycles. The SMILES string of the molecule is Cc1ccc(-c2ccccc2)cc1-c1cc2c3c(c1)c1c(n3C3=c4oc5ccccc5c4=CCC32)C2Oc3ccccc3C2C=C1. The highest BCUT2D eigenvalue weighted by Crippen LogP contribution is 2.56. The topological polar surface area (TPSA) is 27.3 Å². The van der Waals surface area contributed by atoms with Crippen LogP contribution < -0.4 is 15.4 Å². The molecule has 7 aromatic rings. The second-order valence-electron chi connectivity index (χ2n) is 13.2. The van der Waals surface area contributed by atoms with Crippen molar-refractivity contribution < 1.29 is 9.15 Å². The van der Waals surface area contributed by atoms with Gasteiger partial charge in [0, 0.05) is 39.0 Å². The van der Waals surface area contributed by atoms with Crippen molar-refractivity contribution in [1.29, 1.82) is 0 Å². The van der Waals surface area contributed by atoms with E-state index in [2.05, 4.69) is 139 Å². The van der Waals surface area contributed by atoms with Crippen molar-refractivity contribution in [3.8, 4) is 28.0 Å². The Hall–Kier alpha value is -5.54. The zero-order valence-electron chi connectivity index (χ0n) is 25.3. The minimum Gasteiger partial charge on any atom is -0.483 e. The fourth-order valence-electron chi connectivity index (χ4n) is 8.72. The molecule has 0 spiro atoms. The molecule has 0 bridgehead atoms. The number of nitrogens with zero attached hydrogens (tertiary/aromatic N) is 1. The minimum atomic E-state index is -0.0887. The van der Waals surface area contributed by atoms with E-state index in [1.807, 2.05) is 0 Å². The van der Waals surface area contributed by atoms with Crippen LogP contribution in [0.15, 0.2) is 120 Å². The predicted molar refractivity (Wildman–Crippen MR) is 185 cm³/mol. The lowest BCUT2D eigenvalue weighted by Crippen LogP contribution is -2.31. The van der Waals surface area contributed by atoms with E-state index < -0.39 is 0 Å². The summed E-state index contributed by atoms with van der Waals surface area (Å²) in [6.45, 7) is 2.23. The van der Waals surface area contributed by atoms with E-state index in [0.717, 1.165) is 23.2 Å². The van der Waals surface area contributed by atoms with E-state index in [0.29, 0.717) is 0 Å². The van der Waals surface area contributed by atoms with Crippen molar-refractivity contribution in [2.45, 2.75) is 31.3 Å². The molecule has 0 saturated heterocycles. The van der Waals surface area contributed by atoms with Crippen LogP contribution in [0.5, 0.6) is 5.75 Å². The Morgan fingerprint density at radius 2 is 1.59 bits per heavy atom. The molecule has 0 fully saturated rings. The Morgan fingerprint density at radius 1 is 0.739 bits per heavy atom. The van der Waals surface area contributed by atoms with Gasteiger partial charge in [-0.1, -0.05) is 97.1 Å². The third kappa shape index (κ3) is 3.12. The van der Waals surface area contributed by atoms with Crippen LogP contribution in [0.1, 0.15) is 52.3 Å². The molecule has 2 aromatic heterocycles. The summed E-state index contributed by atoms with van der Waals surface area (Å²) < 4.78 is 16.1. The van der Waals surface area contributed by atoms with Gasteiger partial charge in [-0.05, 0) is 77.1 Å². The Kier molecular flexibility index (Phi) is 4.73. The van der Waals surface area contributed by atoms with Crippen LogP contribution in [-0.2, 0) is 0 Å². The fraction of sp³-hybridized carbons (Fsp3) is 0.116. The number of rotatable bonds is 2. The Morgan fingerprint density at radius 3 is 2.52 bits per heavy atom. The number of ether oxygens (including phenoxy) is 1. The van der Waals surface area contributed by atoms with E-state index >= 15 is 0 Å². The summed E-state index contributed by atoms with van der Waals surface area (Å²) in [6.07, 6.45) is 7.97. The Bertz CT molecular complexity index is 2620. The molecular formula is C43H29NO2. The first-order chi connectivity index (χ1) is 22.7. The first kappa shape index (κ1) is 24.7. The molecule has 4 aliphatic rings. The number of fused-ring (bicyclic) bond motifs is 13. The van der Waals surface area contributed by atoms with Crippen molar-refractivity contribution >= 4 is 39.7 Å². The molecule has 218 valence electrons. The predicted octanol–water partition coefficient (Wildman–Crippen LogP) is 9.21. The van der Waals surface area contributed by atoms with Gasteiger partial charge in [0.15, 0.2) is 5.42 Å². The molecule has 0 N–H and O–H groups in total. The molecule has 3 unspecified atom stereocenters. The summed E-state index contributed by atoms with van der Waals surface area (Å²) in [5.41, 5.74) is 16.0. The number of benzene rings is 5. The van der Waals surface area contributed by atoms with Crippen LogP contribution in [0.4, 0.5) is 0 Å². The highest BCUT2D eigenvalue weighted by atomic mass is 16.5. The monoisotopic (exact) mass is 591 g/mol. The third-order valence-electron chi connectivity index (χ3n) is 10.8. The molecule has 2 aliphatic heterocycles. The highest BCUT2D eigenvalue weighted by Gasteiger charge is 2.45. The normalized spacial score (nSPS) is 19.8. The maximum atomic E-state index is 6.83. The molecule has 11 rings (SSSR count). The van der Waals surface area contributed by atoms with Gasteiger partial charge in [0.1, 0.15) is 17.4 Å². The molecule has 0 radical (unpaired) electrons. The standard InChI is InChI=1S/C43H29NO2/c1-24-15-16-26(25-9-3-2-4-10-25)21-34(24)27-22-35-30-17-19-32-28-11-5-7-13-37(28)45-42(32)40(30)44-39(35)36(23-27)31-18-20-33-29-12-6-8-14-38(29)46-43(33)41(31)44/h2-17,19-23,31-32,42H,18H2,1H3. The number of aryl methyl sites for hydroxylation is 1. The van der Waals surface area contributed by atoms with Gasteiger partial charge in [-0.15, -0.1) is 0 Å². The fourth-order valence-corrected chi connectivity index (χ4v) is 8.72. The number of para-hydroxylation sites is 2. The minimum absolute atomic E-state index is 0.0887. The van der Waals surface area contributed by atoms with Crippen LogP contribution in [0.2, 0.25) is 0 Å². The van der Waals surface area contributed by atoms with Gasteiger partial charge in [0.2, 0.25) is 0 Å².